The van der Waals surface area contributed by atoms with Gasteiger partial charge in [-0.25, -0.2) is 4.18 Å². The second-order valence-corrected chi connectivity index (χ2v) is 28.3. The number of allylic oxidation sites excluding steroid dienone is 3. The fourth-order valence-corrected chi connectivity index (χ4v) is 13.3. The van der Waals surface area contributed by atoms with Crippen LogP contribution in [0.1, 0.15) is 399 Å². The van der Waals surface area contributed by atoms with Gasteiger partial charge in [-0.05, 0) is 44.9 Å². The Morgan fingerprint density at radius 2 is 0.719 bits per heavy atom. The first kappa shape index (κ1) is 85.6. The molecule has 0 aromatic heterocycles. The summed E-state index contributed by atoms with van der Waals surface area (Å²) in [7, 11) is -5.09. The second-order valence-electron chi connectivity index (χ2n) is 27.3. The van der Waals surface area contributed by atoms with E-state index in [-0.39, 0.29) is 18.9 Å². The summed E-state index contributed by atoms with van der Waals surface area (Å²) in [4.78, 5) is 13.2. The molecule has 1 aliphatic heterocycles. The molecule has 1 amide bonds. The molecule has 1 aliphatic rings. The van der Waals surface area contributed by atoms with E-state index in [4.69, 9.17) is 9.47 Å². The maximum atomic E-state index is 13.2. The Morgan fingerprint density at radius 1 is 0.438 bits per heavy atom. The zero-order valence-electron chi connectivity index (χ0n) is 58.3. The van der Waals surface area contributed by atoms with E-state index in [2.05, 4.69) is 35.5 Å². The normalized spacial score (nSPS) is 18.0. The number of ether oxygens (including phenoxy) is 2. The number of carbonyl (C=O) groups is 1. The van der Waals surface area contributed by atoms with Crippen molar-refractivity contribution in [2.45, 2.75) is 442 Å². The molecule has 0 saturated carbocycles. The predicted octanol–water partition coefficient (Wildman–Crippen LogP) is 21.0. The molecule has 0 aromatic rings. The van der Waals surface area contributed by atoms with E-state index < -0.39 is 59.9 Å². The quantitative estimate of drug-likeness (QED) is 0.0193. The van der Waals surface area contributed by atoms with E-state index in [1.54, 1.807) is 6.08 Å². The number of nitrogens with one attached hydrogen (secondary N) is 1. The highest BCUT2D eigenvalue weighted by Gasteiger charge is 2.48. The fraction of sp³-hybridized carbons (Fsp3) is 0.934. The molecular weight excluding hydrogens is 1130 g/mol. The zero-order chi connectivity index (χ0) is 64.6. The van der Waals surface area contributed by atoms with Crippen molar-refractivity contribution in [3.05, 3.63) is 24.3 Å². The maximum Gasteiger partial charge on any atom is 0.397 e. The number of carbonyl (C=O) groups excluding carboxylic acids is 1. The van der Waals surface area contributed by atoms with Gasteiger partial charge in [-0.3, -0.25) is 9.35 Å². The zero-order valence-corrected chi connectivity index (χ0v) is 59.1. The van der Waals surface area contributed by atoms with Crippen LogP contribution in [0.2, 0.25) is 0 Å². The van der Waals surface area contributed by atoms with Crippen molar-refractivity contribution in [1.82, 2.24) is 5.32 Å². The minimum atomic E-state index is -5.09. The Labute approximate surface area is 550 Å². The molecule has 13 heteroatoms. The third kappa shape index (κ3) is 56.6. The Bertz CT molecular complexity index is 1650. The van der Waals surface area contributed by atoms with E-state index >= 15 is 0 Å². The van der Waals surface area contributed by atoms with Crippen LogP contribution in [0.5, 0.6) is 0 Å². The number of aliphatic hydroxyl groups excluding tert-OH is 4. The molecule has 1 fully saturated rings. The molecule has 1 rings (SSSR count). The van der Waals surface area contributed by atoms with E-state index in [0.717, 1.165) is 38.5 Å². The van der Waals surface area contributed by atoms with Gasteiger partial charge in [0.1, 0.15) is 24.4 Å². The number of rotatable bonds is 70. The van der Waals surface area contributed by atoms with Gasteiger partial charge in [0.05, 0.1) is 25.4 Å². The van der Waals surface area contributed by atoms with Crippen LogP contribution >= 0.6 is 0 Å². The molecule has 12 nitrogen and oxygen atoms in total. The molecule has 7 atom stereocenters. The van der Waals surface area contributed by atoms with Crippen molar-refractivity contribution in [1.29, 1.82) is 0 Å². The Balaban J connectivity index is 2.16. The van der Waals surface area contributed by atoms with E-state index in [9.17, 15) is 38.2 Å². The van der Waals surface area contributed by atoms with E-state index in [1.807, 2.05) is 6.08 Å². The summed E-state index contributed by atoms with van der Waals surface area (Å²) in [6.45, 7) is 3.47. The molecule has 7 unspecified atom stereocenters. The van der Waals surface area contributed by atoms with Crippen molar-refractivity contribution < 1.29 is 51.8 Å². The molecule has 0 radical (unpaired) electrons. The van der Waals surface area contributed by atoms with Crippen LogP contribution in [0, 0.1) is 0 Å². The summed E-state index contributed by atoms with van der Waals surface area (Å²) in [6.07, 6.45) is 77.2. The monoisotopic (exact) mass is 1280 g/mol. The second kappa shape index (κ2) is 65.3. The first-order chi connectivity index (χ1) is 43.5. The lowest BCUT2D eigenvalue weighted by Gasteiger charge is -2.41. The van der Waals surface area contributed by atoms with Crippen molar-refractivity contribution >= 4 is 16.3 Å². The van der Waals surface area contributed by atoms with Gasteiger partial charge >= 0.3 is 10.4 Å². The van der Waals surface area contributed by atoms with E-state index in [1.165, 1.54) is 334 Å². The topological polar surface area (TPSA) is 192 Å². The highest BCUT2D eigenvalue weighted by Crippen LogP contribution is 2.27. The smallest absolute Gasteiger partial charge is 0.394 e. The standard InChI is InChI=1S/C76H147NO11S/c1-3-5-7-9-11-13-15-17-19-21-23-25-27-28-29-30-31-32-33-34-35-36-37-38-39-40-41-42-44-46-48-50-52-54-56-58-60-62-64-66-72(80)77-69(68-86-76-74(82)75(88-89(83,84)85)73(81)71(67-78)87-76)70(79)65-63-61-59-57-55-53-51-49-47-45-43-26-24-22-20-18-16-14-12-10-8-6-4-2/h34-35,63,65,69-71,73-76,78-79,81-82H,3-33,36-62,64,66-68H2,1-2H3,(H,77,80)(H,83,84,85)/b35-34-,65-63+. The Hall–Kier alpha value is -1.42. The third-order valence-electron chi connectivity index (χ3n) is 18.7. The number of hydrogen-bond donors (Lipinski definition) is 6. The van der Waals surface area contributed by atoms with Crippen LogP contribution in [-0.2, 0) is 28.9 Å². The van der Waals surface area contributed by atoms with Gasteiger partial charge in [-0.1, -0.05) is 372 Å². The van der Waals surface area contributed by atoms with Gasteiger partial charge in [0.25, 0.3) is 0 Å². The van der Waals surface area contributed by atoms with Gasteiger partial charge in [-0.15, -0.1) is 0 Å². The van der Waals surface area contributed by atoms with Gasteiger partial charge in [0.15, 0.2) is 6.29 Å². The highest BCUT2D eigenvalue weighted by molar-refractivity contribution is 7.80. The first-order valence-corrected chi connectivity index (χ1v) is 40.1. The van der Waals surface area contributed by atoms with Crippen molar-refractivity contribution in [3.63, 3.8) is 0 Å². The molecule has 6 N–H and O–H groups in total. The minimum Gasteiger partial charge on any atom is -0.394 e. The average Bonchev–Trinajstić information content (AvgIpc) is 1.16. The number of amides is 1. The molecule has 0 aliphatic carbocycles. The maximum absolute atomic E-state index is 13.2. The van der Waals surface area contributed by atoms with Crippen LogP contribution in [0.3, 0.4) is 0 Å². The Kier molecular flexibility index (Phi) is 62.8. The fourth-order valence-electron chi connectivity index (χ4n) is 12.8. The lowest BCUT2D eigenvalue weighted by atomic mass is 9.99. The third-order valence-corrected chi connectivity index (χ3v) is 19.2. The first-order valence-electron chi connectivity index (χ1n) is 38.7. The molecule has 89 heavy (non-hydrogen) atoms. The summed E-state index contributed by atoms with van der Waals surface area (Å²) in [5.41, 5.74) is 0. The lowest BCUT2D eigenvalue weighted by molar-refractivity contribution is -0.298. The van der Waals surface area contributed by atoms with Gasteiger partial charge < -0.3 is 35.2 Å². The van der Waals surface area contributed by atoms with Gasteiger partial charge in [-0.2, -0.15) is 8.42 Å². The average molecular weight is 1280 g/mol. The van der Waals surface area contributed by atoms with Crippen LogP contribution in [0.25, 0.3) is 0 Å². The highest BCUT2D eigenvalue weighted by atomic mass is 32.3. The van der Waals surface area contributed by atoms with E-state index in [0.29, 0.717) is 6.42 Å². The summed E-state index contributed by atoms with van der Waals surface area (Å²) < 4.78 is 48.1. The molecule has 1 saturated heterocycles. The molecular formula is C76H147NO11S. The van der Waals surface area contributed by atoms with Gasteiger partial charge in [0, 0.05) is 6.42 Å². The summed E-state index contributed by atoms with van der Waals surface area (Å²) in [5.74, 6) is -0.254. The Morgan fingerprint density at radius 3 is 1.01 bits per heavy atom. The molecule has 0 aromatic carbocycles. The number of hydrogen-bond acceptors (Lipinski definition) is 10. The molecule has 1 heterocycles. The van der Waals surface area contributed by atoms with Crippen LogP contribution in [0.4, 0.5) is 0 Å². The van der Waals surface area contributed by atoms with Gasteiger partial charge in [0.2, 0.25) is 5.91 Å². The van der Waals surface area contributed by atoms with Crippen molar-refractivity contribution in [2.24, 2.45) is 0 Å². The predicted molar refractivity (Wildman–Crippen MR) is 375 cm³/mol. The van der Waals surface area contributed by atoms with Crippen LogP contribution in [-0.4, -0.2) is 95.4 Å². The minimum absolute atomic E-state index is 0.254. The summed E-state index contributed by atoms with van der Waals surface area (Å²) in [6, 6.07) is -0.944. The lowest BCUT2D eigenvalue weighted by Crippen LogP contribution is -2.61. The summed E-state index contributed by atoms with van der Waals surface area (Å²) in [5, 5.41) is 45.2. The van der Waals surface area contributed by atoms with Crippen LogP contribution in [0.15, 0.2) is 24.3 Å². The SMILES string of the molecule is CCCCCCCCCCCCCCCCCCCC/C=C\CCCCCCCCCCCCCCCCCCCC(=O)NC(COC1OC(CO)C(O)C(OS(=O)(=O)O)C1O)C(O)/C=C/CCCCCCCCCCCCCCCCCCCCCCC. The number of aliphatic hydroxyl groups is 4. The molecule has 528 valence electrons. The van der Waals surface area contributed by atoms with Crippen molar-refractivity contribution in [2.75, 3.05) is 13.2 Å². The number of unbranched alkanes of at least 4 members (excludes halogenated alkanes) is 56. The molecule has 0 bridgehead atoms. The summed E-state index contributed by atoms with van der Waals surface area (Å²) >= 11 is 0. The van der Waals surface area contributed by atoms with Crippen molar-refractivity contribution in [3.8, 4) is 0 Å². The van der Waals surface area contributed by atoms with Crippen LogP contribution < -0.4 is 5.32 Å². The largest absolute Gasteiger partial charge is 0.397 e. The molecule has 0 spiro atoms.